The molecule has 0 heterocycles. The van der Waals surface area contributed by atoms with Crippen molar-refractivity contribution in [2.45, 2.75) is 71.0 Å². The maximum Gasteiger partial charge on any atom is 0.0742 e. The fourth-order valence-electron chi connectivity index (χ4n) is 1.66. The number of unbranched alkanes of at least 4 members (excludes halogenated alkanes) is 2. The molecule has 3 heteroatoms. The Morgan fingerprint density at radius 3 is 2.25 bits per heavy atom. The van der Waals surface area contributed by atoms with Gasteiger partial charge < -0.3 is 14.9 Å². The standard InChI is InChI=1S/C10H20O.C3H8O2/c1-2-3-6-9-11-10-7-4-5-8-10;1-3(5)2-4/h10H,2-9H2,1H3;3-5H,2H2,1H3. The van der Waals surface area contributed by atoms with Crippen LogP contribution in [0.4, 0.5) is 0 Å². The molecule has 98 valence electrons. The Bertz CT molecular complexity index is 131. The summed E-state index contributed by atoms with van der Waals surface area (Å²) < 4.78 is 5.70. The zero-order chi connectivity index (χ0) is 12.2. The summed E-state index contributed by atoms with van der Waals surface area (Å²) in [5.74, 6) is 0. The van der Waals surface area contributed by atoms with Crippen LogP contribution >= 0.6 is 0 Å². The van der Waals surface area contributed by atoms with Gasteiger partial charge in [0.25, 0.3) is 0 Å². The lowest BCUT2D eigenvalue weighted by Crippen LogP contribution is -2.08. The molecule has 0 aromatic carbocycles. The minimum atomic E-state index is -0.560. The van der Waals surface area contributed by atoms with E-state index in [1.807, 2.05) is 0 Å². The molecule has 0 amide bonds. The molecule has 0 aliphatic heterocycles. The number of ether oxygens (including phenoxy) is 1. The molecule has 0 bridgehead atoms. The summed E-state index contributed by atoms with van der Waals surface area (Å²) >= 11 is 0. The second kappa shape index (κ2) is 11.4. The lowest BCUT2D eigenvalue weighted by molar-refractivity contribution is 0.0558. The first-order chi connectivity index (χ1) is 7.70. The largest absolute Gasteiger partial charge is 0.394 e. The molecule has 0 spiro atoms. The third kappa shape index (κ3) is 10.4. The monoisotopic (exact) mass is 232 g/mol. The molecule has 1 saturated carbocycles. The minimum Gasteiger partial charge on any atom is -0.394 e. The minimum absolute atomic E-state index is 0.139. The van der Waals surface area contributed by atoms with Crippen molar-refractivity contribution in [3.63, 3.8) is 0 Å². The van der Waals surface area contributed by atoms with Gasteiger partial charge in [0.1, 0.15) is 0 Å². The van der Waals surface area contributed by atoms with Crippen LogP contribution in [0.1, 0.15) is 58.8 Å². The van der Waals surface area contributed by atoms with Gasteiger partial charge in [-0.2, -0.15) is 0 Å². The summed E-state index contributed by atoms with van der Waals surface area (Å²) in [5, 5.41) is 16.0. The molecule has 1 atom stereocenters. The van der Waals surface area contributed by atoms with Crippen LogP contribution in [0.15, 0.2) is 0 Å². The smallest absolute Gasteiger partial charge is 0.0742 e. The predicted molar refractivity (Wildman–Crippen MR) is 66.5 cm³/mol. The molecule has 0 aromatic rings. The second-order valence-corrected chi connectivity index (χ2v) is 4.52. The molecule has 0 saturated heterocycles. The first-order valence-corrected chi connectivity index (χ1v) is 6.61. The van der Waals surface area contributed by atoms with Crippen LogP contribution in [0.2, 0.25) is 0 Å². The molecule has 1 aliphatic rings. The van der Waals surface area contributed by atoms with Crippen LogP contribution in [0, 0.1) is 0 Å². The normalized spacial score (nSPS) is 18.0. The summed E-state index contributed by atoms with van der Waals surface area (Å²) in [7, 11) is 0. The van der Waals surface area contributed by atoms with E-state index in [-0.39, 0.29) is 6.61 Å². The number of hydrogen-bond donors (Lipinski definition) is 2. The number of aliphatic hydroxyl groups excluding tert-OH is 2. The first kappa shape index (κ1) is 15.9. The van der Waals surface area contributed by atoms with E-state index in [1.165, 1.54) is 51.9 Å². The highest BCUT2D eigenvalue weighted by molar-refractivity contribution is 4.66. The van der Waals surface area contributed by atoms with Crippen LogP contribution in [0.5, 0.6) is 0 Å². The fourth-order valence-corrected chi connectivity index (χ4v) is 1.66. The van der Waals surface area contributed by atoms with Crippen molar-refractivity contribution < 1.29 is 14.9 Å². The molecular weight excluding hydrogens is 204 g/mol. The molecule has 0 radical (unpaired) electrons. The molecule has 0 aromatic heterocycles. The van der Waals surface area contributed by atoms with Crippen molar-refractivity contribution in [2.24, 2.45) is 0 Å². The van der Waals surface area contributed by atoms with Gasteiger partial charge >= 0.3 is 0 Å². The number of rotatable bonds is 6. The van der Waals surface area contributed by atoms with Crippen LogP contribution < -0.4 is 0 Å². The zero-order valence-electron chi connectivity index (χ0n) is 10.8. The topological polar surface area (TPSA) is 49.7 Å². The quantitative estimate of drug-likeness (QED) is 0.692. The summed E-state index contributed by atoms with van der Waals surface area (Å²) in [6.07, 6.45) is 9.34. The third-order valence-corrected chi connectivity index (χ3v) is 2.67. The highest BCUT2D eigenvalue weighted by Gasteiger charge is 2.14. The lowest BCUT2D eigenvalue weighted by atomic mass is 10.2. The Hall–Kier alpha value is -0.120. The van der Waals surface area contributed by atoms with Crippen molar-refractivity contribution in [1.29, 1.82) is 0 Å². The first-order valence-electron chi connectivity index (χ1n) is 6.61. The van der Waals surface area contributed by atoms with Gasteiger partial charge in [0.05, 0.1) is 18.8 Å². The van der Waals surface area contributed by atoms with Crippen LogP contribution in [-0.4, -0.2) is 35.6 Å². The van der Waals surface area contributed by atoms with Crippen LogP contribution in [-0.2, 0) is 4.74 Å². The fraction of sp³-hybridized carbons (Fsp3) is 1.00. The van der Waals surface area contributed by atoms with Crippen molar-refractivity contribution in [3.8, 4) is 0 Å². The van der Waals surface area contributed by atoms with Crippen LogP contribution in [0.25, 0.3) is 0 Å². The molecule has 1 unspecified atom stereocenters. The third-order valence-electron chi connectivity index (χ3n) is 2.67. The van der Waals surface area contributed by atoms with Gasteiger partial charge in [-0.25, -0.2) is 0 Å². The Balaban J connectivity index is 0.000000385. The summed E-state index contributed by atoms with van der Waals surface area (Å²) in [6, 6.07) is 0. The van der Waals surface area contributed by atoms with E-state index in [9.17, 15) is 0 Å². The van der Waals surface area contributed by atoms with Crippen molar-refractivity contribution in [3.05, 3.63) is 0 Å². The maximum atomic E-state index is 8.11. The van der Waals surface area contributed by atoms with E-state index in [0.717, 1.165) is 6.61 Å². The highest BCUT2D eigenvalue weighted by Crippen LogP contribution is 2.20. The number of aliphatic hydroxyl groups is 2. The number of hydrogen-bond acceptors (Lipinski definition) is 3. The molecule has 1 aliphatic carbocycles. The molecule has 1 fully saturated rings. The summed E-state index contributed by atoms with van der Waals surface area (Å²) in [6.45, 7) is 4.62. The predicted octanol–water partition coefficient (Wildman–Crippen LogP) is 2.50. The average Bonchev–Trinajstić information content (AvgIpc) is 2.78. The van der Waals surface area contributed by atoms with Gasteiger partial charge in [-0.15, -0.1) is 0 Å². The Labute approximate surface area is 99.8 Å². The van der Waals surface area contributed by atoms with Gasteiger partial charge in [0.15, 0.2) is 0 Å². The van der Waals surface area contributed by atoms with E-state index in [2.05, 4.69) is 6.92 Å². The maximum absolute atomic E-state index is 8.11. The van der Waals surface area contributed by atoms with E-state index in [0.29, 0.717) is 6.10 Å². The molecule has 3 nitrogen and oxygen atoms in total. The summed E-state index contributed by atoms with van der Waals surface area (Å²) in [4.78, 5) is 0. The van der Waals surface area contributed by atoms with E-state index >= 15 is 0 Å². The second-order valence-electron chi connectivity index (χ2n) is 4.52. The van der Waals surface area contributed by atoms with Gasteiger partial charge in [-0.05, 0) is 26.2 Å². The average molecular weight is 232 g/mol. The SMILES string of the molecule is CC(O)CO.CCCCCOC1CCCC1. The lowest BCUT2D eigenvalue weighted by Gasteiger charge is -2.09. The molecule has 1 rings (SSSR count). The van der Waals surface area contributed by atoms with Gasteiger partial charge in [-0.3, -0.25) is 0 Å². The molecular formula is C13H28O3. The Kier molecular flexibility index (Phi) is 11.3. The van der Waals surface area contributed by atoms with Gasteiger partial charge in [0, 0.05) is 6.61 Å². The zero-order valence-corrected chi connectivity index (χ0v) is 10.8. The van der Waals surface area contributed by atoms with E-state index < -0.39 is 6.10 Å². The van der Waals surface area contributed by atoms with Gasteiger partial charge in [-0.1, -0.05) is 32.6 Å². The Morgan fingerprint density at radius 1 is 1.25 bits per heavy atom. The highest BCUT2D eigenvalue weighted by atomic mass is 16.5. The van der Waals surface area contributed by atoms with Crippen molar-refractivity contribution in [1.82, 2.24) is 0 Å². The summed E-state index contributed by atoms with van der Waals surface area (Å²) in [5.41, 5.74) is 0. The van der Waals surface area contributed by atoms with Crippen LogP contribution in [0.3, 0.4) is 0 Å². The van der Waals surface area contributed by atoms with Crippen molar-refractivity contribution in [2.75, 3.05) is 13.2 Å². The van der Waals surface area contributed by atoms with E-state index in [1.54, 1.807) is 0 Å². The molecule has 2 N–H and O–H groups in total. The molecule has 16 heavy (non-hydrogen) atoms. The Morgan fingerprint density at radius 2 is 1.81 bits per heavy atom. The van der Waals surface area contributed by atoms with Gasteiger partial charge in [0.2, 0.25) is 0 Å². The van der Waals surface area contributed by atoms with E-state index in [4.69, 9.17) is 14.9 Å². The van der Waals surface area contributed by atoms with Crippen molar-refractivity contribution >= 4 is 0 Å².